The number of amides is 1. The van der Waals surface area contributed by atoms with Crippen molar-refractivity contribution in [1.82, 2.24) is 14.5 Å². The van der Waals surface area contributed by atoms with E-state index in [1.165, 1.54) is 16.4 Å². The Kier molecular flexibility index (Phi) is 4.62. The summed E-state index contributed by atoms with van der Waals surface area (Å²) in [6.07, 6.45) is 1.29. The summed E-state index contributed by atoms with van der Waals surface area (Å²) in [4.78, 5) is 11.3. The minimum atomic E-state index is -3.52. The Balaban J connectivity index is 1.70. The van der Waals surface area contributed by atoms with Crippen LogP contribution < -0.4 is 5.73 Å². The topological polar surface area (TPSA) is 109 Å². The number of hydrogen-bond donors (Lipinski definition) is 2. The highest BCUT2D eigenvalue weighted by Gasteiger charge is 2.30. The molecule has 0 radical (unpaired) electrons. The molecule has 1 aliphatic rings. The highest BCUT2D eigenvalue weighted by molar-refractivity contribution is 7.89. The van der Waals surface area contributed by atoms with Crippen molar-refractivity contribution in [3.05, 3.63) is 46.7 Å². The molecule has 1 saturated heterocycles. The maximum absolute atomic E-state index is 12.6. The average Bonchev–Trinajstić information content (AvgIpc) is 3.06. The molecule has 3 rings (SSSR count). The summed E-state index contributed by atoms with van der Waals surface area (Å²) in [5.74, 6) is -0.456. The van der Waals surface area contributed by atoms with Crippen LogP contribution in [0.15, 0.2) is 35.2 Å². The lowest BCUT2D eigenvalue weighted by atomic mass is 9.94. The number of carbonyl (C=O) groups excluding carboxylic acids is 1. The molecule has 0 aliphatic carbocycles. The molecule has 2 heterocycles. The molecule has 24 heavy (non-hydrogen) atoms. The van der Waals surface area contributed by atoms with E-state index in [4.69, 9.17) is 17.3 Å². The van der Waals surface area contributed by atoms with Crippen LogP contribution in [0.5, 0.6) is 0 Å². The van der Waals surface area contributed by atoms with Gasteiger partial charge in [0.05, 0.1) is 4.90 Å². The fourth-order valence-electron chi connectivity index (χ4n) is 2.83. The Bertz CT molecular complexity index is 840. The lowest BCUT2D eigenvalue weighted by Crippen LogP contribution is -2.37. The fourth-order valence-corrected chi connectivity index (χ4v) is 4.43. The number of nitrogens with one attached hydrogen (secondary N) is 1. The van der Waals surface area contributed by atoms with Crippen LogP contribution in [-0.2, 0) is 10.0 Å². The van der Waals surface area contributed by atoms with Gasteiger partial charge in [-0.2, -0.15) is 9.40 Å². The number of sulfonamides is 1. The average molecular weight is 369 g/mol. The van der Waals surface area contributed by atoms with E-state index in [-0.39, 0.29) is 16.5 Å². The molecule has 0 saturated carbocycles. The van der Waals surface area contributed by atoms with E-state index in [1.807, 2.05) is 0 Å². The number of hydrogen-bond acceptors (Lipinski definition) is 4. The van der Waals surface area contributed by atoms with Crippen LogP contribution in [0, 0.1) is 0 Å². The molecule has 2 aromatic rings. The van der Waals surface area contributed by atoms with Gasteiger partial charge in [-0.1, -0.05) is 11.6 Å². The predicted molar refractivity (Wildman–Crippen MR) is 89.3 cm³/mol. The van der Waals surface area contributed by atoms with Crippen molar-refractivity contribution in [1.29, 1.82) is 0 Å². The predicted octanol–water partition coefficient (Wildman–Crippen LogP) is 1.73. The molecule has 0 spiro atoms. The second-order valence-corrected chi connectivity index (χ2v) is 8.08. The number of benzene rings is 1. The summed E-state index contributed by atoms with van der Waals surface area (Å²) in [5.41, 5.74) is 6.20. The number of aromatic amines is 1. The van der Waals surface area contributed by atoms with Crippen molar-refractivity contribution in [2.24, 2.45) is 5.73 Å². The van der Waals surface area contributed by atoms with Gasteiger partial charge < -0.3 is 5.73 Å². The van der Waals surface area contributed by atoms with Crippen LogP contribution in [0.4, 0.5) is 0 Å². The summed E-state index contributed by atoms with van der Waals surface area (Å²) in [6.45, 7) is 0.807. The summed E-state index contributed by atoms with van der Waals surface area (Å²) in [5, 5.41) is 7.18. The van der Waals surface area contributed by atoms with Gasteiger partial charge in [0.2, 0.25) is 10.0 Å². The van der Waals surface area contributed by atoms with Crippen LogP contribution in [-0.4, -0.2) is 41.9 Å². The van der Waals surface area contributed by atoms with Crippen molar-refractivity contribution in [2.75, 3.05) is 13.1 Å². The Morgan fingerprint density at radius 2 is 1.88 bits per heavy atom. The molecule has 7 nitrogen and oxygen atoms in total. The zero-order chi connectivity index (χ0) is 17.3. The lowest BCUT2D eigenvalue weighted by molar-refractivity contribution is 0.0995. The standard InChI is InChI=1S/C15H17ClN4O3S/c16-11-1-3-12(4-2-11)24(22,23)20-7-5-10(6-8-20)13-9-14(15(17)21)19-18-13/h1-4,9-10H,5-8H2,(H2,17,21)(H,18,19). The number of aromatic nitrogens is 2. The first-order valence-electron chi connectivity index (χ1n) is 7.49. The van der Waals surface area contributed by atoms with E-state index in [2.05, 4.69) is 10.2 Å². The number of rotatable bonds is 4. The normalized spacial score (nSPS) is 17.0. The molecule has 0 unspecified atom stereocenters. The second-order valence-electron chi connectivity index (χ2n) is 5.71. The van der Waals surface area contributed by atoms with Gasteiger partial charge in [0.1, 0.15) is 5.69 Å². The summed E-state index contributed by atoms with van der Waals surface area (Å²) >= 11 is 5.81. The summed E-state index contributed by atoms with van der Waals surface area (Å²) < 4.78 is 26.7. The van der Waals surface area contributed by atoms with Gasteiger partial charge >= 0.3 is 0 Å². The molecule has 1 aromatic heterocycles. The first kappa shape index (κ1) is 16.9. The van der Waals surface area contributed by atoms with Crippen LogP contribution in [0.25, 0.3) is 0 Å². The van der Waals surface area contributed by atoms with E-state index in [0.717, 1.165) is 5.69 Å². The highest BCUT2D eigenvalue weighted by atomic mass is 35.5. The summed E-state index contributed by atoms with van der Waals surface area (Å²) in [7, 11) is -3.52. The van der Waals surface area contributed by atoms with Crippen LogP contribution in [0.3, 0.4) is 0 Å². The number of carbonyl (C=O) groups is 1. The van der Waals surface area contributed by atoms with Crippen LogP contribution in [0.2, 0.25) is 5.02 Å². The zero-order valence-electron chi connectivity index (χ0n) is 12.8. The number of piperidine rings is 1. The van der Waals surface area contributed by atoms with Gasteiger partial charge in [0.15, 0.2) is 0 Å². The van der Waals surface area contributed by atoms with Gasteiger partial charge in [-0.25, -0.2) is 8.42 Å². The molecule has 1 fully saturated rings. The van der Waals surface area contributed by atoms with Crippen molar-refractivity contribution in [3.8, 4) is 0 Å². The Hall–Kier alpha value is -1.90. The van der Waals surface area contributed by atoms with Gasteiger partial charge in [-0.05, 0) is 43.2 Å². The fraction of sp³-hybridized carbons (Fsp3) is 0.333. The molecule has 0 atom stereocenters. The maximum atomic E-state index is 12.6. The third kappa shape index (κ3) is 3.31. The Morgan fingerprint density at radius 3 is 2.42 bits per heavy atom. The second kappa shape index (κ2) is 6.54. The first-order valence-corrected chi connectivity index (χ1v) is 9.30. The number of nitrogens with two attached hydrogens (primary N) is 1. The van der Waals surface area contributed by atoms with Crippen LogP contribution in [0.1, 0.15) is 34.9 Å². The van der Waals surface area contributed by atoms with Gasteiger partial charge in [0, 0.05) is 29.7 Å². The van der Waals surface area contributed by atoms with E-state index >= 15 is 0 Å². The number of halogens is 1. The minimum Gasteiger partial charge on any atom is -0.364 e. The van der Waals surface area contributed by atoms with Crippen molar-refractivity contribution in [2.45, 2.75) is 23.7 Å². The van der Waals surface area contributed by atoms with E-state index in [9.17, 15) is 13.2 Å². The molecule has 1 amide bonds. The molecule has 0 bridgehead atoms. The summed E-state index contributed by atoms with van der Waals surface area (Å²) in [6, 6.07) is 7.79. The van der Waals surface area contributed by atoms with Crippen LogP contribution >= 0.6 is 11.6 Å². The molecular formula is C15H17ClN4O3S. The number of nitrogens with zero attached hydrogens (tertiary/aromatic N) is 2. The minimum absolute atomic E-state index is 0.127. The van der Waals surface area contributed by atoms with Gasteiger partial charge in [0.25, 0.3) is 5.91 Å². The molecular weight excluding hydrogens is 352 g/mol. The SMILES string of the molecule is NC(=O)c1cc(C2CCN(S(=O)(=O)c3ccc(Cl)cc3)CC2)[nH]n1. The van der Waals surface area contributed by atoms with E-state index in [0.29, 0.717) is 31.0 Å². The van der Waals surface area contributed by atoms with Gasteiger partial charge in [-0.15, -0.1) is 0 Å². The quantitative estimate of drug-likeness (QED) is 0.856. The monoisotopic (exact) mass is 368 g/mol. The Labute approximate surface area is 144 Å². The van der Waals surface area contributed by atoms with E-state index < -0.39 is 15.9 Å². The molecule has 1 aromatic carbocycles. The van der Waals surface area contributed by atoms with Crippen molar-refractivity contribution >= 4 is 27.5 Å². The largest absolute Gasteiger partial charge is 0.364 e. The van der Waals surface area contributed by atoms with Crippen molar-refractivity contribution < 1.29 is 13.2 Å². The maximum Gasteiger partial charge on any atom is 0.269 e. The molecule has 1 aliphatic heterocycles. The first-order chi connectivity index (χ1) is 11.4. The third-order valence-corrected chi connectivity index (χ3v) is 6.36. The van der Waals surface area contributed by atoms with Crippen molar-refractivity contribution in [3.63, 3.8) is 0 Å². The molecule has 9 heteroatoms. The lowest BCUT2D eigenvalue weighted by Gasteiger charge is -2.30. The number of H-pyrrole nitrogens is 1. The zero-order valence-corrected chi connectivity index (χ0v) is 14.3. The molecule has 128 valence electrons. The third-order valence-electron chi connectivity index (χ3n) is 4.20. The molecule has 3 N–H and O–H groups in total. The highest BCUT2D eigenvalue weighted by Crippen LogP contribution is 2.30. The number of primary amides is 1. The Morgan fingerprint density at radius 1 is 1.25 bits per heavy atom. The smallest absolute Gasteiger partial charge is 0.269 e. The van der Waals surface area contributed by atoms with E-state index in [1.54, 1.807) is 18.2 Å². The van der Waals surface area contributed by atoms with Gasteiger partial charge in [-0.3, -0.25) is 9.89 Å².